The molecule has 0 aliphatic heterocycles. The lowest BCUT2D eigenvalue weighted by atomic mass is 10.3. The zero-order chi connectivity index (χ0) is 12.5. The standard InChI is InChI=1S/C10H9BrN2O2S2/c1-7-3-2-6-12-10(7)13-17(14,15)9-5-4-8(11)16-9/h2-6H,1H3,(H,12,13). The molecule has 0 saturated carbocycles. The van der Waals surface area contributed by atoms with Crippen LogP contribution in [0.5, 0.6) is 0 Å². The molecule has 2 heterocycles. The van der Waals surface area contributed by atoms with Crippen LogP contribution in [0.25, 0.3) is 0 Å². The van der Waals surface area contributed by atoms with E-state index in [1.165, 1.54) is 0 Å². The van der Waals surface area contributed by atoms with Gasteiger partial charge in [-0.05, 0) is 46.6 Å². The normalized spacial score (nSPS) is 11.4. The maximum Gasteiger partial charge on any atom is 0.272 e. The summed E-state index contributed by atoms with van der Waals surface area (Å²) in [5.41, 5.74) is 0.784. The molecular weight excluding hydrogens is 324 g/mol. The predicted octanol–water partition coefficient (Wildman–Crippen LogP) is 3.01. The number of thiophene rings is 1. The summed E-state index contributed by atoms with van der Waals surface area (Å²) < 4.78 is 27.5. The number of pyridine rings is 1. The summed E-state index contributed by atoms with van der Waals surface area (Å²) in [4.78, 5) is 4.00. The van der Waals surface area contributed by atoms with Crippen molar-refractivity contribution in [2.45, 2.75) is 11.1 Å². The first kappa shape index (κ1) is 12.5. The number of nitrogens with zero attached hydrogens (tertiary/aromatic N) is 1. The van der Waals surface area contributed by atoms with Crippen molar-refractivity contribution >= 4 is 43.1 Å². The lowest BCUT2D eigenvalue weighted by molar-refractivity contribution is 0.603. The molecule has 0 aromatic carbocycles. The number of hydrogen-bond donors (Lipinski definition) is 1. The molecule has 17 heavy (non-hydrogen) atoms. The van der Waals surface area contributed by atoms with Gasteiger partial charge >= 0.3 is 0 Å². The molecule has 0 atom stereocenters. The van der Waals surface area contributed by atoms with Crippen LogP contribution in [0.3, 0.4) is 0 Å². The minimum Gasteiger partial charge on any atom is -0.262 e. The molecule has 0 amide bonds. The van der Waals surface area contributed by atoms with Gasteiger partial charge in [-0.2, -0.15) is 0 Å². The lowest BCUT2D eigenvalue weighted by Gasteiger charge is -2.07. The highest BCUT2D eigenvalue weighted by Gasteiger charge is 2.17. The fraction of sp³-hybridized carbons (Fsp3) is 0.100. The van der Waals surface area contributed by atoms with E-state index in [0.717, 1.165) is 20.7 Å². The van der Waals surface area contributed by atoms with Gasteiger partial charge in [0.1, 0.15) is 10.0 Å². The molecular formula is C10H9BrN2O2S2. The predicted molar refractivity (Wildman–Crippen MR) is 71.8 cm³/mol. The molecule has 0 saturated heterocycles. The van der Waals surface area contributed by atoms with Gasteiger partial charge in [-0.3, -0.25) is 4.72 Å². The lowest BCUT2D eigenvalue weighted by Crippen LogP contribution is -2.13. The second kappa shape index (κ2) is 4.75. The summed E-state index contributed by atoms with van der Waals surface area (Å²) in [5.74, 6) is 0.358. The summed E-state index contributed by atoms with van der Waals surface area (Å²) >= 11 is 4.39. The first-order valence-electron chi connectivity index (χ1n) is 4.69. The third-order valence-electron chi connectivity index (χ3n) is 2.05. The summed E-state index contributed by atoms with van der Waals surface area (Å²) in [6, 6.07) is 6.81. The van der Waals surface area contributed by atoms with Crippen LogP contribution in [-0.2, 0) is 10.0 Å². The molecule has 0 radical (unpaired) electrons. The van der Waals surface area contributed by atoms with Crippen molar-refractivity contribution in [2.75, 3.05) is 4.72 Å². The minimum atomic E-state index is -3.54. The van der Waals surface area contributed by atoms with Crippen LogP contribution in [-0.4, -0.2) is 13.4 Å². The van der Waals surface area contributed by atoms with Gasteiger partial charge in [-0.15, -0.1) is 11.3 Å². The maximum atomic E-state index is 12.0. The van der Waals surface area contributed by atoms with E-state index in [1.54, 1.807) is 37.4 Å². The molecule has 2 aromatic rings. The number of anilines is 1. The number of aryl methyl sites for hydroxylation is 1. The fourth-order valence-corrected chi connectivity index (χ4v) is 4.30. The van der Waals surface area contributed by atoms with Crippen LogP contribution in [0.15, 0.2) is 38.5 Å². The van der Waals surface area contributed by atoms with Crippen molar-refractivity contribution in [3.8, 4) is 0 Å². The molecule has 90 valence electrons. The van der Waals surface area contributed by atoms with Crippen LogP contribution < -0.4 is 4.72 Å². The maximum absolute atomic E-state index is 12.0. The number of halogens is 1. The molecule has 4 nitrogen and oxygen atoms in total. The smallest absolute Gasteiger partial charge is 0.262 e. The molecule has 0 bridgehead atoms. The zero-order valence-electron chi connectivity index (χ0n) is 8.84. The van der Waals surface area contributed by atoms with Crippen molar-refractivity contribution in [1.82, 2.24) is 4.98 Å². The number of hydrogen-bond acceptors (Lipinski definition) is 4. The van der Waals surface area contributed by atoms with Crippen molar-refractivity contribution in [3.05, 3.63) is 39.8 Å². The molecule has 0 aliphatic carbocycles. The van der Waals surface area contributed by atoms with E-state index >= 15 is 0 Å². The van der Waals surface area contributed by atoms with E-state index in [9.17, 15) is 8.42 Å². The van der Waals surface area contributed by atoms with Crippen LogP contribution >= 0.6 is 27.3 Å². The third kappa shape index (κ3) is 2.85. The van der Waals surface area contributed by atoms with Gasteiger partial charge in [0.2, 0.25) is 0 Å². The average Bonchev–Trinajstić information content (AvgIpc) is 2.69. The molecule has 0 spiro atoms. The summed E-state index contributed by atoms with van der Waals surface area (Å²) in [6.45, 7) is 1.80. The SMILES string of the molecule is Cc1cccnc1NS(=O)(=O)c1ccc(Br)s1. The van der Waals surface area contributed by atoms with E-state index in [-0.39, 0.29) is 4.21 Å². The van der Waals surface area contributed by atoms with Gasteiger partial charge in [0.05, 0.1) is 3.79 Å². The Labute approximate surface area is 112 Å². The molecule has 2 rings (SSSR count). The van der Waals surface area contributed by atoms with E-state index in [2.05, 4.69) is 25.6 Å². The van der Waals surface area contributed by atoms with Crippen molar-refractivity contribution in [2.24, 2.45) is 0 Å². The third-order valence-corrected chi connectivity index (χ3v) is 5.51. The zero-order valence-corrected chi connectivity index (χ0v) is 12.1. The van der Waals surface area contributed by atoms with Crippen LogP contribution in [0.2, 0.25) is 0 Å². The average molecular weight is 333 g/mol. The van der Waals surface area contributed by atoms with Gasteiger partial charge in [-0.1, -0.05) is 6.07 Å². The number of sulfonamides is 1. The number of rotatable bonds is 3. The van der Waals surface area contributed by atoms with E-state index < -0.39 is 10.0 Å². The summed E-state index contributed by atoms with van der Waals surface area (Å²) in [7, 11) is -3.54. The van der Waals surface area contributed by atoms with Gasteiger partial charge in [-0.25, -0.2) is 13.4 Å². The Morgan fingerprint density at radius 1 is 1.35 bits per heavy atom. The Morgan fingerprint density at radius 3 is 2.71 bits per heavy atom. The summed E-state index contributed by atoms with van der Waals surface area (Å²) in [5, 5.41) is 0. The van der Waals surface area contributed by atoms with Gasteiger partial charge in [0.15, 0.2) is 0 Å². The molecule has 0 aliphatic rings. The van der Waals surface area contributed by atoms with Gasteiger partial charge < -0.3 is 0 Å². The molecule has 0 unspecified atom stereocenters. The van der Waals surface area contributed by atoms with E-state index in [4.69, 9.17) is 0 Å². The quantitative estimate of drug-likeness (QED) is 0.939. The van der Waals surface area contributed by atoms with Gasteiger partial charge in [0.25, 0.3) is 10.0 Å². The van der Waals surface area contributed by atoms with Crippen molar-refractivity contribution in [3.63, 3.8) is 0 Å². The fourth-order valence-electron chi connectivity index (χ4n) is 1.21. The minimum absolute atomic E-state index is 0.259. The molecule has 0 fully saturated rings. The molecule has 1 N–H and O–H groups in total. The second-order valence-electron chi connectivity index (χ2n) is 3.33. The van der Waals surface area contributed by atoms with Crippen molar-refractivity contribution < 1.29 is 8.42 Å². The van der Waals surface area contributed by atoms with E-state index in [1.807, 2.05) is 0 Å². The highest BCUT2D eigenvalue weighted by Crippen LogP contribution is 2.27. The number of aromatic nitrogens is 1. The Hall–Kier alpha value is -0.920. The topological polar surface area (TPSA) is 59.1 Å². The highest BCUT2D eigenvalue weighted by atomic mass is 79.9. The molecule has 2 aromatic heterocycles. The monoisotopic (exact) mass is 332 g/mol. The molecule has 7 heteroatoms. The second-order valence-corrected chi connectivity index (χ2v) is 7.71. The van der Waals surface area contributed by atoms with Crippen LogP contribution in [0.4, 0.5) is 5.82 Å². The first-order valence-corrected chi connectivity index (χ1v) is 7.78. The van der Waals surface area contributed by atoms with E-state index in [0.29, 0.717) is 5.82 Å². The largest absolute Gasteiger partial charge is 0.272 e. The van der Waals surface area contributed by atoms with Crippen LogP contribution in [0, 0.1) is 6.92 Å². The van der Waals surface area contributed by atoms with Crippen molar-refractivity contribution in [1.29, 1.82) is 0 Å². The Balaban J connectivity index is 2.33. The Morgan fingerprint density at radius 2 is 2.12 bits per heavy atom. The Kier molecular flexibility index (Phi) is 3.50. The van der Waals surface area contributed by atoms with Crippen LogP contribution in [0.1, 0.15) is 5.56 Å². The number of nitrogens with one attached hydrogen (secondary N) is 1. The van der Waals surface area contributed by atoms with Gasteiger partial charge in [0, 0.05) is 6.20 Å². The summed E-state index contributed by atoms with van der Waals surface area (Å²) in [6.07, 6.45) is 1.55. The highest BCUT2D eigenvalue weighted by molar-refractivity contribution is 9.11. The Bertz CT molecular complexity index is 637. The first-order chi connectivity index (χ1) is 7.99.